The number of hydrogen-bond donors (Lipinski definition) is 0. The molecule has 1 aromatic rings. The largest absolute Gasteiger partial charge is 0.342 e. The van der Waals surface area contributed by atoms with Gasteiger partial charge in [-0.1, -0.05) is 0 Å². The van der Waals surface area contributed by atoms with Crippen LogP contribution in [0.15, 0.2) is 29.2 Å². The molecular formula is C14H19N3O4S. The minimum Gasteiger partial charge on any atom is -0.342 e. The molecule has 0 saturated carbocycles. The van der Waals surface area contributed by atoms with E-state index in [1.165, 1.54) is 43.3 Å². The van der Waals surface area contributed by atoms with Crippen molar-refractivity contribution in [2.45, 2.75) is 4.90 Å². The highest BCUT2D eigenvalue weighted by Gasteiger charge is 2.26. The van der Waals surface area contributed by atoms with E-state index in [0.29, 0.717) is 18.7 Å². The van der Waals surface area contributed by atoms with E-state index in [9.17, 15) is 18.0 Å². The fraction of sp³-hybridized carbons (Fsp3) is 0.429. The summed E-state index contributed by atoms with van der Waals surface area (Å²) in [5.41, 5.74) is 0.370. The molecule has 8 heteroatoms. The van der Waals surface area contributed by atoms with E-state index in [0.717, 1.165) is 4.31 Å². The van der Waals surface area contributed by atoms with Crippen molar-refractivity contribution in [2.75, 3.05) is 40.8 Å². The molecule has 1 heterocycles. The zero-order valence-electron chi connectivity index (χ0n) is 12.8. The second-order valence-corrected chi connectivity index (χ2v) is 7.51. The first-order valence-corrected chi connectivity index (χ1v) is 8.23. The number of nitrogens with zero attached hydrogens (tertiary/aromatic N) is 3. The van der Waals surface area contributed by atoms with E-state index in [1.807, 2.05) is 0 Å². The average molecular weight is 325 g/mol. The van der Waals surface area contributed by atoms with Gasteiger partial charge in [0.25, 0.3) is 5.91 Å². The predicted molar refractivity (Wildman–Crippen MR) is 80.9 cm³/mol. The zero-order valence-corrected chi connectivity index (χ0v) is 13.6. The van der Waals surface area contributed by atoms with Crippen LogP contribution in [0.5, 0.6) is 0 Å². The maximum atomic E-state index is 12.3. The molecule has 22 heavy (non-hydrogen) atoms. The number of likely N-dealkylation sites (N-methyl/N-ethyl adjacent to an activating group) is 1. The summed E-state index contributed by atoms with van der Waals surface area (Å²) in [5.74, 6) is -0.373. The summed E-state index contributed by atoms with van der Waals surface area (Å²) >= 11 is 0. The van der Waals surface area contributed by atoms with Gasteiger partial charge in [0.1, 0.15) is 6.54 Å². The fourth-order valence-electron chi connectivity index (χ4n) is 2.09. The Hall–Kier alpha value is -1.93. The van der Waals surface area contributed by atoms with Crippen LogP contribution < -0.4 is 0 Å². The van der Waals surface area contributed by atoms with Gasteiger partial charge >= 0.3 is 0 Å². The molecule has 2 rings (SSSR count). The van der Waals surface area contributed by atoms with Crippen LogP contribution in [0.2, 0.25) is 0 Å². The van der Waals surface area contributed by atoms with Crippen LogP contribution in [0.3, 0.4) is 0 Å². The second-order valence-electron chi connectivity index (χ2n) is 5.35. The van der Waals surface area contributed by atoms with Crippen LogP contribution in [0.4, 0.5) is 0 Å². The van der Waals surface area contributed by atoms with Crippen LogP contribution in [0.1, 0.15) is 10.4 Å². The van der Waals surface area contributed by atoms with Gasteiger partial charge < -0.3 is 9.80 Å². The Kier molecular flexibility index (Phi) is 4.52. The Balaban J connectivity index is 2.17. The van der Waals surface area contributed by atoms with Crippen molar-refractivity contribution in [2.24, 2.45) is 0 Å². The van der Waals surface area contributed by atoms with Crippen molar-refractivity contribution in [1.82, 2.24) is 14.1 Å². The molecule has 0 atom stereocenters. The van der Waals surface area contributed by atoms with Crippen LogP contribution in [0, 0.1) is 0 Å². The van der Waals surface area contributed by atoms with Crippen molar-refractivity contribution in [1.29, 1.82) is 0 Å². The molecule has 1 aromatic carbocycles. The number of hydrogen-bond acceptors (Lipinski definition) is 4. The van der Waals surface area contributed by atoms with Gasteiger partial charge in [-0.3, -0.25) is 9.59 Å². The highest BCUT2D eigenvalue weighted by atomic mass is 32.2. The lowest BCUT2D eigenvalue weighted by molar-refractivity contribution is -0.133. The third kappa shape index (κ3) is 3.12. The molecule has 0 aliphatic carbocycles. The van der Waals surface area contributed by atoms with Gasteiger partial charge in [0, 0.05) is 39.8 Å². The van der Waals surface area contributed by atoms with E-state index < -0.39 is 10.0 Å². The number of amides is 2. The first-order valence-electron chi connectivity index (χ1n) is 6.79. The highest BCUT2D eigenvalue weighted by molar-refractivity contribution is 7.89. The summed E-state index contributed by atoms with van der Waals surface area (Å²) in [6.45, 7) is 1.02. The summed E-state index contributed by atoms with van der Waals surface area (Å²) in [4.78, 5) is 27.2. The van der Waals surface area contributed by atoms with Gasteiger partial charge in [-0.25, -0.2) is 12.7 Å². The average Bonchev–Trinajstić information content (AvgIpc) is 2.49. The van der Waals surface area contributed by atoms with Crippen molar-refractivity contribution < 1.29 is 18.0 Å². The standard InChI is InChI=1S/C14H19N3O4S/c1-15(2)22(20,21)12-6-4-11(5-7-12)14(19)17-9-8-16(3)13(18)10-17/h4-7H,8-10H2,1-3H3. The number of sulfonamides is 1. The molecule has 0 unspecified atom stereocenters. The molecule has 1 aliphatic rings. The molecule has 0 aromatic heterocycles. The normalized spacial score (nSPS) is 16.3. The van der Waals surface area contributed by atoms with Gasteiger partial charge in [0.05, 0.1) is 4.90 Å². The van der Waals surface area contributed by atoms with Gasteiger partial charge in [-0.15, -0.1) is 0 Å². The van der Waals surface area contributed by atoms with E-state index in [-0.39, 0.29) is 23.3 Å². The van der Waals surface area contributed by atoms with Crippen molar-refractivity contribution in [3.8, 4) is 0 Å². The van der Waals surface area contributed by atoms with Gasteiger partial charge in [0.15, 0.2) is 0 Å². The van der Waals surface area contributed by atoms with Crippen LogP contribution in [-0.4, -0.2) is 75.1 Å². The van der Waals surface area contributed by atoms with Crippen LogP contribution >= 0.6 is 0 Å². The molecule has 120 valence electrons. The Morgan fingerprint density at radius 1 is 1.14 bits per heavy atom. The molecule has 1 fully saturated rings. The molecule has 1 saturated heterocycles. The van der Waals surface area contributed by atoms with Crippen molar-refractivity contribution >= 4 is 21.8 Å². The quantitative estimate of drug-likeness (QED) is 0.774. The zero-order chi connectivity index (χ0) is 16.5. The summed E-state index contributed by atoms with van der Waals surface area (Å²) in [6, 6.07) is 5.75. The summed E-state index contributed by atoms with van der Waals surface area (Å²) in [6.07, 6.45) is 0. The van der Waals surface area contributed by atoms with Crippen LogP contribution in [-0.2, 0) is 14.8 Å². The Morgan fingerprint density at radius 3 is 2.23 bits per heavy atom. The Bertz CT molecular complexity index is 683. The topological polar surface area (TPSA) is 78.0 Å². The Labute approximate surface area is 130 Å². The van der Waals surface area contributed by atoms with Crippen molar-refractivity contribution in [3.05, 3.63) is 29.8 Å². The second kappa shape index (κ2) is 6.05. The van der Waals surface area contributed by atoms with Gasteiger partial charge in [-0.2, -0.15) is 0 Å². The molecule has 1 aliphatic heterocycles. The smallest absolute Gasteiger partial charge is 0.254 e. The molecule has 0 spiro atoms. The SMILES string of the molecule is CN1CCN(C(=O)c2ccc(S(=O)(=O)N(C)C)cc2)CC1=O. The number of piperazine rings is 1. The minimum atomic E-state index is -3.51. The maximum Gasteiger partial charge on any atom is 0.254 e. The van der Waals surface area contributed by atoms with Crippen molar-refractivity contribution in [3.63, 3.8) is 0 Å². The number of carbonyl (C=O) groups excluding carboxylic acids is 2. The van der Waals surface area contributed by atoms with E-state index in [2.05, 4.69) is 0 Å². The van der Waals surface area contributed by atoms with Crippen LogP contribution in [0.25, 0.3) is 0 Å². The molecule has 0 bridgehead atoms. The number of benzene rings is 1. The summed E-state index contributed by atoms with van der Waals surface area (Å²) in [5, 5.41) is 0. The Morgan fingerprint density at radius 2 is 1.73 bits per heavy atom. The predicted octanol–water partition coefficient (Wildman–Crippen LogP) is -0.149. The summed E-state index contributed by atoms with van der Waals surface area (Å²) < 4.78 is 25.1. The van der Waals surface area contributed by atoms with E-state index in [1.54, 1.807) is 11.9 Å². The minimum absolute atomic E-state index is 0.0487. The lowest BCUT2D eigenvalue weighted by Crippen LogP contribution is -2.50. The highest BCUT2D eigenvalue weighted by Crippen LogP contribution is 2.16. The lowest BCUT2D eigenvalue weighted by atomic mass is 10.2. The third-order valence-electron chi connectivity index (χ3n) is 3.62. The third-order valence-corrected chi connectivity index (χ3v) is 5.45. The lowest BCUT2D eigenvalue weighted by Gasteiger charge is -2.32. The fourth-order valence-corrected chi connectivity index (χ4v) is 3.00. The first kappa shape index (κ1) is 16.4. The van der Waals surface area contributed by atoms with Gasteiger partial charge in [-0.05, 0) is 24.3 Å². The first-order chi connectivity index (χ1) is 10.2. The van der Waals surface area contributed by atoms with E-state index in [4.69, 9.17) is 0 Å². The summed E-state index contributed by atoms with van der Waals surface area (Å²) in [7, 11) is 1.08. The molecule has 7 nitrogen and oxygen atoms in total. The van der Waals surface area contributed by atoms with Gasteiger partial charge in [0.2, 0.25) is 15.9 Å². The van der Waals surface area contributed by atoms with E-state index >= 15 is 0 Å². The maximum absolute atomic E-state index is 12.3. The molecule has 2 amide bonds. The molecule has 0 radical (unpaired) electrons. The molecular weight excluding hydrogens is 306 g/mol. The number of carbonyl (C=O) groups is 2. The molecule has 0 N–H and O–H groups in total. The number of rotatable bonds is 3. The monoisotopic (exact) mass is 325 g/mol.